The molecule has 0 saturated carbocycles. The molecule has 0 amide bonds. The molecule has 0 fully saturated rings. The largest absolute Gasteiger partial charge is 0.465 e. The Morgan fingerprint density at radius 1 is 1.17 bits per heavy atom. The highest BCUT2D eigenvalue weighted by Crippen LogP contribution is 2.32. The van der Waals surface area contributed by atoms with Gasteiger partial charge in [-0.1, -0.05) is 51.5 Å². The van der Waals surface area contributed by atoms with Crippen molar-refractivity contribution in [2.24, 2.45) is 5.92 Å². The van der Waals surface area contributed by atoms with Gasteiger partial charge < -0.3 is 9.30 Å². The van der Waals surface area contributed by atoms with Gasteiger partial charge in [0.05, 0.1) is 29.8 Å². The van der Waals surface area contributed by atoms with E-state index in [9.17, 15) is 14.9 Å². The molecule has 0 aliphatic carbocycles. The van der Waals surface area contributed by atoms with Crippen molar-refractivity contribution in [3.05, 3.63) is 70.4 Å². The van der Waals surface area contributed by atoms with Crippen LogP contribution in [0, 0.1) is 17.2 Å². The minimum atomic E-state index is -0.421. The number of nitriles is 1. The highest BCUT2D eigenvalue weighted by atomic mass is 16.5. The fraction of sp³-hybridized carbons (Fsp3) is 0.320. The Kier molecular flexibility index (Phi) is 6.37. The van der Waals surface area contributed by atoms with E-state index in [1.165, 1.54) is 7.11 Å². The summed E-state index contributed by atoms with van der Waals surface area (Å²) in [5.74, 6) is -0.483. The van der Waals surface area contributed by atoms with Crippen LogP contribution in [-0.2, 0) is 17.7 Å². The van der Waals surface area contributed by atoms with Gasteiger partial charge in [-0.05, 0) is 30.2 Å². The minimum absolute atomic E-state index is 0.0848. The van der Waals surface area contributed by atoms with Crippen molar-refractivity contribution < 1.29 is 14.3 Å². The quantitative estimate of drug-likeness (QED) is 0.405. The van der Waals surface area contributed by atoms with Crippen molar-refractivity contribution in [3.63, 3.8) is 0 Å². The summed E-state index contributed by atoms with van der Waals surface area (Å²) >= 11 is 0. The molecule has 0 unspecified atom stereocenters. The number of methoxy groups -OCH3 is 1. The molecule has 0 atom stereocenters. The van der Waals surface area contributed by atoms with E-state index in [1.807, 2.05) is 38.1 Å². The summed E-state index contributed by atoms with van der Waals surface area (Å²) in [6.45, 7) is 6.32. The Morgan fingerprint density at radius 2 is 1.90 bits per heavy atom. The molecule has 1 heterocycles. The molecule has 3 aromatic rings. The first-order valence-electron chi connectivity index (χ1n) is 10.2. The van der Waals surface area contributed by atoms with Crippen LogP contribution in [0.4, 0.5) is 0 Å². The zero-order valence-electron chi connectivity index (χ0n) is 17.9. The van der Waals surface area contributed by atoms with Crippen LogP contribution in [0.5, 0.6) is 0 Å². The average molecular weight is 402 g/mol. The number of hydrogen-bond acceptors (Lipinski definition) is 4. The van der Waals surface area contributed by atoms with E-state index in [1.54, 1.807) is 18.2 Å². The number of carbonyl (C=O) groups is 2. The van der Waals surface area contributed by atoms with E-state index in [2.05, 4.69) is 17.6 Å². The van der Waals surface area contributed by atoms with Gasteiger partial charge in [-0.25, -0.2) is 4.79 Å². The second-order valence-electron chi connectivity index (χ2n) is 7.67. The number of hydrogen-bond donors (Lipinski definition) is 0. The molecule has 0 spiro atoms. The highest BCUT2D eigenvalue weighted by molar-refractivity contribution is 6.11. The predicted octanol–water partition coefficient (Wildman–Crippen LogP) is 5.14. The second kappa shape index (κ2) is 8.96. The van der Waals surface area contributed by atoms with Crippen LogP contribution in [0.15, 0.2) is 42.5 Å². The van der Waals surface area contributed by atoms with Gasteiger partial charge in [0.15, 0.2) is 5.78 Å². The van der Waals surface area contributed by atoms with Crippen LogP contribution in [-0.4, -0.2) is 23.4 Å². The Hall–Kier alpha value is -3.39. The smallest absolute Gasteiger partial charge is 0.337 e. The van der Waals surface area contributed by atoms with Gasteiger partial charge in [0, 0.05) is 29.1 Å². The summed E-state index contributed by atoms with van der Waals surface area (Å²) in [5, 5.41) is 10.4. The zero-order chi connectivity index (χ0) is 21.8. The third kappa shape index (κ3) is 3.86. The lowest BCUT2D eigenvalue weighted by Gasteiger charge is -2.13. The number of aromatic nitrogens is 1. The van der Waals surface area contributed by atoms with E-state index >= 15 is 0 Å². The standard InChI is InChI=1S/C25H26N2O3/c1-5-8-21-23(24(28)16(2)3)20-12-11-17(25(29)30-4)13-22(20)27(21)15-19-10-7-6-9-18(19)14-26/h6-7,9-13,16H,5,8,15H2,1-4H3. The van der Waals surface area contributed by atoms with Crippen molar-refractivity contribution >= 4 is 22.7 Å². The van der Waals surface area contributed by atoms with Crippen LogP contribution < -0.4 is 0 Å². The van der Waals surface area contributed by atoms with Crippen LogP contribution in [0.3, 0.4) is 0 Å². The van der Waals surface area contributed by atoms with E-state index < -0.39 is 5.97 Å². The molecule has 0 aliphatic heterocycles. The first kappa shape index (κ1) is 21.3. The lowest BCUT2D eigenvalue weighted by atomic mass is 9.96. The van der Waals surface area contributed by atoms with Crippen LogP contribution >= 0.6 is 0 Å². The number of esters is 1. The number of Topliss-reactive ketones (excluding diaryl/α,β-unsaturated/α-hetero) is 1. The van der Waals surface area contributed by atoms with E-state index in [-0.39, 0.29) is 11.7 Å². The summed E-state index contributed by atoms with van der Waals surface area (Å²) in [7, 11) is 1.35. The van der Waals surface area contributed by atoms with Crippen LogP contribution in [0.25, 0.3) is 10.9 Å². The summed E-state index contributed by atoms with van der Waals surface area (Å²) in [6, 6.07) is 15.0. The number of nitrogens with zero attached hydrogens (tertiary/aromatic N) is 2. The second-order valence-corrected chi connectivity index (χ2v) is 7.67. The molecule has 0 N–H and O–H groups in total. The van der Waals surface area contributed by atoms with Crippen LogP contribution in [0.1, 0.15) is 64.7 Å². The maximum Gasteiger partial charge on any atom is 0.337 e. The Bertz CT molecular complexity index is 1150. The maximum absolute atomic E-state index is 13.2. The molecular weight excluding hydrogens is 376 g/mol. The number of ether oxygens (including phenoxy) is 1. The SMILES string of the molecule is CCCc1c(C(=O)C(C)C)c2ccc(C(=O)OC)cc2n1Cc1ccccc1C#N. The number of rotatable bonds is 7. The molecule has 3 rings (SSSR count). The topological polar surface area (TPSA) is 72.1 Å². The molecule has 0 radical (unpaired) electrons. The van der Waals surface area contributed by atoms with E-state index in [0.717, 1.165) is 35.0 Å². The van der Waals surface area contributed by atoms with Gasteiger partial charge >= 0.3 is 5.97 Å². The molecule has 5 nitrogen and oxygen atoms in total. The summed E-state index contributed by atoms with van der Waals surface area (Å²) in [5.41, 5.74) is 4.37. The van der Waals surface area contributed by atoms with Crippen molar-refractivity contribution in [3.8, 4) is 6.07 Å². The Balaban J connectivity index is 2.33. The number of fused-ring (bicyclic) bond motifs is 1. The number of carbonyl (C=O) groups excluding carboxylic acids is 2. The Morgan fingerprint density at radius 3 is 2.53 bits per heavy atom. The molecule has 30 heavy (non-hydrogen) atoms. The third-order valence-electron chi connectivity index (χ3n) is 5.32. The molecule has 154 valence electrons. The molecule has 2 aromatic carbocycles. The van der Waals surface area contributed by atoms with Gasteiger partial charge in [-0.3, -0.25) is 4.79 Å². The molecule has 0 aliphatic rings. The van der Waals surface area contributed by atoms with E-state index in [0.29, 0.717) is 23.2 Å². The minimum Gasteiger partial charge on any atom is -0.465 e. The Labute approximate surface area is 176 Å². The van der Waals surface area contributed by atoms with Gasteiger partial charge in [0.1, 0.15) is 0 Å². The first-order valence-corrected chi connectivity index (χ1v) is 10.2. The number of benzene rings is 2. The van der Waals surface area contributed by atoms with E-state index in [4.69, 9.17) is 4.74 Å². The molecule has 1 aromatic heterocycles. The third-order valence-corrected chi connectivity index (χ3v) is 5.32. The molecule has 0 saturated heterocycles. The van der Waals surface area contributed by atoms with Crippen LogP contribution in [0.2, 0.25) is 0 Å². The summed E-state index contributed by atoms with van der Waals surface area (Å²) < 4.78 is 6.97. The molecule has 5 heteroatoms. The zero-order valence-corrected chi connectivity index (χ0v) is 17.9. The highest BCUT2D eigenvalue weighted by Gasteiger charge is 2.25. The average Bonchev–Trinajstić information content (AvgIpc) is 3.05. The van der Waals surface area contributed by atoms with Crippen molar-refractivity contribution in [2.45, 2.75) is 40.2 Å². The van der Waals surface area contributed by atoms with Crippen molar-refractivity contribution in [2.75, 3.05) is 7.11 Å². The predicted molar refractivity (Wildman–Crippen MR) is 117 cm³/mol. The van der Waals surface area contributed by atoms with Crippen molar-refractivity contribution in [1.29, 1.82) is 5.26 Å². The van der Waals surface area contributed by atoms with Gasteiger partial charge in [-0.2, -0.15) is 5.26 Å². The number of ketones is 1. The van der Waals surface area contributed by atoms with Crippen molar-refractivity contribution in [1.82, 2.24) is 4.57 Å². The normalized spacial score (nSPS) is 10.9. The monoisotopic (exact) mass is 402 g/mol. The fourth-order valence-electron chi connectivity index (χ4n) is 3.83. The summed E-state index contributed by atoms with van der Waals surface area (Å²) in [4.78, 5) is 25.3. The van der Waals surface area contributed by atoms with Gasteiger partial charge in [0.25, 0.3) is 0 Å². The maximum atomic E-state index is 13.2. The lowest BCUT2D eigenvalue weighted by molar-refractivity contribution is 0.0600. The lowest BCUT2D eigenvalue weighted by Crippen LogP contribution is -2.13. The molecular formula is C25H26N2O3. The molecule has 0 bridgehead atoms. The summed E-state index contributed by atoms with van der Waals surface area (Å²) in [6.07, 6.45) is 1.60. The van der Waals surface area contributed by atoms with Gasteiger partial charge in [0.2, 0.25) is 0 Å². The fourth-order valence-corrected chi connectivity index (χ4v) is 3.83. The van der Waals surface area contributed by atoms with Gasteiger partial charge in [-0.15, -0.1) is 0 Å². The first-order chi connectivity index (χ1) is 14.4.